The van der Waals surface area contributed by atoms with E-state index < -0.39 is 34.5 Å². The van der Waals surface area contributed by atoms with Crippen molar-refractivity contribution >= 4 is 66.4 Å². The maximum atomic E-state index is 13.7. The molecule has 0 radical (unpaired) electrons. The van der Waals surface area contributed by atoms with E-state index in [2.05, 4.69) is 15.2 Å². The second-order valence-corrected chi connectivity index (χ2v) is 14.3. The molecule has 2 aliphatic heterocycles. The largest absolute Gasteiger partial charge is 0.480 e. The lowest BCUT2D eigenvalue weighted by atomic mass is 10.1. The summed E-state index contributed by atoms with van der Waals surface area (Å²) in [6.45, 7) is 0.853. The highest BCUT2D eigenvalue weighted by Gasteiger charge is 2.39. The fraction of sp³-hybridized carbons (Fsp3) is 0.400. The van der Waals surface area contributed by atoms with Crippen molar-refractivity contribution < 1.29 is 27.9 Å². The average Bonchev–Trinajstić information content (AvgIpc) is 3.55. The summed E-state index contributed by atoms with van der Waals surface area (Å²) in [5.74, 6) is -2.32. The topological polar surface area (TPSA) is 190 Å². The summed E-state index contributed by atoms with van der Waals surface area (Å²) in [5.41, 5.74) is 6.94. The average molecular weight is 620 g/mol. The van der Waals surface area contributed by atoms with Crippen molar-refractivity contribution in [2.75, 3.05) is 39.8 Å². The molecule has 5 rings (SSSR count). The molecule has 5 N–H and O–H groups in total. The minimum atomic E-state index is -3.99. The van der Waals surface area contributed by atoms with Gasteiger partial charge in [0, 0.05) is 60.7 Å². The van der Waals surface area contributed by atoms with Crippen LogP contribution in [0.15, 0.2) is 28.5 Å². The zero-order valence-electron chi connectivity index (χ0n) is 22.1. The number of nitrogen functional groups attached to an aromatic ring is 1. The van der Waals surface area contributed by atoms with Gasteiger partial charge in [0.2, 0.25) is 5.91 Å². The Hall–Kier alpha value is -3.44. The van der Waals surface area contributed by atoms with Crippen molar-refractivity contribution in [3.8, 4) is 0 Å². The number of carbonyl (C=O) groups is 3. The Labute approximate surface area is 244 Å². The molecular weight excluding hydrogens is 591 g/mol. The minimum absolute atomic E-state index is 0.0160. The number of carbonyl (C=O) groups excluding carboxylic acids is 2. The van der Waals surface area contributed by atoms with Crippen molar-refractivity contribution in [2.45, 2.75) is 29.6 Å². The number of hydrogen-bond donors (Lipinski definition) is 4. The number of nitrogens with zero attached hydrogens (tertiary/aromatic N) is 4. The molecule has 1 aromatic carbocycles. The smallest absolute Gasteiger partial charge is 0.322 e. The Kier molecular flexibility index (Phi) is 8.11. The number of benzene rings is 1. The van der Waals surface area contributed by atoms with E-state index in [0.29, 0.717) is 27.2 Å². The predicted octanol–water partition coefficient (Wildman–Crippen LogP) is 0.736. The van der Waals surface area contributed by atoms with Gasteiger partial charge >= 0.3 is 5.97 Å². The molecule has 1 fully saturated rings. The number of carboxylic acids is 1. The van der Waals surface area contributed by atoms with Gasteiger partial charge in [0.05, 0.1) is 11.7 Å². The number of nitrogens with one attached hydrogen (secondary N) is 2. The molecule has 0 spiro atoms. The molecule has 3 aromatic rings. The van der Waals surface area contributed by atoms with Gasteiger partial charge in [0.15, 0.2) is 5.01 Å². The van der Waals surface area contributed by atoms with Crippen LogP contribution in [-0.4, -0.2) is 102 Å². The quantitative estimate of drug-likeness (QED) is 0.208. The van der Waals surface area contributed by atoms with Crippen molar-refractivity contribution in [3.63, 3.8) is 0 Å². The number of piperazine rings is 1. The molecule has 1 atom stereocenters. The normalized spacial score (nSPS) is 18.3. The van der Waals surface area contributed by atoms with E-state index in [1.807, 2.05) is 7.05 Å². The van der Waals surface area contributed by atoms with Crippen molar-refractivity contribution in [3.05, 3.63) is 45.4 Å². The second-order valence-electron chi connectivity index (χ2n) is 10.00. The van der Waals surface area contributed by atoms with E-state index in [9.17, 15) is 22.8 Å². The Morgan fingerprint density at radius 2 is 1.98 bits per heavy atom. The minimum Gasteiger partial charge on any atom is -0.480 e. The lowest BCUT2D eigenvalue weighted by Crippen LogP contribution is -2.57. The molecule has 0 aliphatic carbocycles. The highest BCUT2D eigenvalue weighted by molar-refractivity contribution is 7.91. The first-order chi connectivity index (χ1) is 19.4. The Morgan fingerprint density at radius 3 is 2.71 bits per heavy atom. The zero-order chi connectivity index (χ0) is 29.5. The summed E-state index contributed by atoms with van der Waals surface area (Å²) in [5, 5.41) is 19.8. The number of nitrogens with two attached hydrogens (primary N) is 1. The van der Waals surface area contributed by atoms with Crippen molar-refractivity contribution in [2.24, 2.45) is 5.73 Å². The SMILES string of the molecule is CN1CCc2nc(C(=O)N3CCN(S(=O)(=O)c4cc5cc(C(=N)N)ccc5s4)CC3CC(=O)NCC(=O)O)sc2C1. The first-order valence-electron chi connectivity index (χ1n) is 12.8. The number of likely N-dealkylation sites (N-methyl/N-ethyl adjacent to an activating group) is 1. The predicted molar refractivity (Wildman–Crippen MR) is 154 cm³/mol. The summed E-state index contributed by atoms with van der Waals surface area (Å²) >= 11 is 2.39. The maximum absolute atomic E-state index is 13.7. The molecule has 0 saturated carbocycles. The molecule has 2 amide bonds. The van der Waals surface area contributed by atoms with Crippen LogP contribution in [0.2, 0.25) is 0 Å². The number of hydrogen-bond acceptors (Lipinski definition) is 10. The fourth-order valence-electron chi connectivity index (χ4n) is 4.93. The first kappa shape index (κ1) is 29.1. The molecule has 2 aliphatic rings. The number of rotatable bonds is 8. The molecule has 2 aromatic heterocycles. The third kappa shape index (κ3) is 6.11. The highest BCUT2D eigenvalue weighted by atomic mass is 32.2. The van der Waals surface area contributed by atoms with Crippen LogP contribution < -0.4 is 11.1 Å². The van der Waals surface area contributed by atoms with E-state index in [-0.39, 0.29) is 42.0 Å². The number of amidine groups is 1. The van der Waals surface area contributed by atoms with Gasteiger partial charge in [-0.05, 0) is 36.7 Å². The lowest BCUT2D eigenvalue weighted by molar-refractivity contribution is -0.138. The Balaban J connectivity index is 1.40. The maximum Gasteiger partial charge on any atom is 0.322 e. The molecule has 4 heterocycles. The number of fused-ring (bicyclic) bond motifs is 2. The summed E-state index contributed by atoms with van der Waals surface area (Å²) in [6.07, 6.45) is 0.457. The fourth-order valence-corrected chi connectivity index (χ4v) is 9.07. The molecule has 1 saturated heterocycles. The molecule has 13 nitrogen and oxygen atoms in total. The Bertz CT molecular complexity index is 1650. The second kappa shape index (κ2) is 11.4. The van der Waals surface area contributed by atoms with E-state index >= 15 is 0 Å². The first-order valence-corrected chi connectivity index (χ1v) is 15.8. The van der Waals surface area contributed by atoms with Crippen molar-refractivity contribution in [1.82, 2.24) is 24.4 Å². The third-order valence-corrected chi connectivity index (χ3v) is 11.6. The molecular formula is C25H29N7O6S3. The number of aliphatic carboxylic acids is 1. The van der Waals surface area contributed by atoms with Crippen LogP contribution >= 0.6 is 22.7 Å². The standard InChI is InChI=1S/C25H29N7O6S3/c1-30-5-4-17-19(13-30)40-24(29-17)25(36)32-7-6-31(12-16(32)10-20(33)28-11-21(34)35)41(37,38)22-9-15-8-14(23(26)27)2-3-18(15)39-22/h2-3,8-9,16H,4-7,10-13H2,1H3,(H3,26,27)(H,28,33)(H,34,35). The van der Waals surface area contributed by atoms with Crippen LogP contribution in [0, 0.1) is 5.41 Å². The number of carboxylic acid groups (broad SMARTS) is 1. The molecule has 0 bridgehead atoms. The van der Waals surface area contributed by atoms with Gasteiger partial charge in [0.1, 0.15) is 16.6 Å². The van der Waals surface area contributed by atoms with Gasteiger partial charge < -0.3 is 26.0 Å². The van der Waals surface area contributed by atoms with Crippen LogP contribution in [0.25, 0.3) is 10.1 Å². The number of thiazole rings is 1. The lowest BCUT2D eigenvalue weighted by Gasteiger charge is -2.40. The summed E-state index contributed by atoms with van der Waals surface area (Å²) in [7, 11) is -1.99. The third-order valence-electron chi connectivity index (χ3n) is 7.07. The van der Waals surface area contributed by atoms with Gasteiger partial charge in [-0.2, -0.15) is 4.31 Å². The van der Waals surface area contributed by atoms with Gasteiger partial charge in [-0.15, -0.1) is 22.7 Å². The van der Waals surface area contributed by atoms with Gasteiger partial charge in [-0.25, -0.2) is 13.4 Å². The van der Waals surface area contributed by atoms with Gasteiger partial charge in [-0.1, -0.05) is 0 Å². The molecule has 16 heteroatoms. The number of thiophene rings is 1. The number of aromatic nitrogens is 1. The summed E-state index contributed by atoms with van der Waals surface area (Å²) in [4.78, 5) is 46.4. The van der Waals surface area contributed by atoms with Crippen LogP contribution in [-0.2, 0) is 32.6 Å². The van der Waals surface area contributed by atoms with Gasteiger partial charge in [-0.3, -0.25) is 19.8 Å². The molecule has 41 heavy (non-hydrogen) atoms. The van der Waals surface area contributed by atoms with Gasteiger partial charge in [0.25, 0.3) is 15.9 Å². The van der Waals surface area contributed by atoms with E-state index in [1.165, 1.54) is 26.6 Å². The number of amides is 2. The highest BCUT2D eigenvalue weighted by Crippen LogP contribution is 2.33. The summed E-state index contributed by atoms with van der Waals surface area (Å²) < 4.78 is 29.5. The zero-order valence-corrected chi connectivity index (χ0v) is 24.6. The van der Waals surface area contributed by atoms with Crippen molar-refractivity contribution in [1.29, 1.82) is 5.41 Å². The number of sulfonamides is 1. The van der Waals surface area contributed by atoms with E-state index in [0.717, 1.165) is 34.9 Å². The van der Waals surface area contributed by atoms with Crippen LogP contribution in [0.3, 0.4) is 0 Å². The monoisotopic (exact) mass is 619 g/mol. The van der Waals surface area contributed by atoms with Crippen LogP contribution in [0.1, 0.15) is 32.4 Å². The molecule has 1 unspecified atom stereocenters. The Morgan fingerprint density at radius 1 is 1.20 bits per heavy atom. The van der Waals surface area contributed by atoms with E-state index in [4.69, 9.17) is 16.2 Å². The molecule has 218 valence electrons. The summed E-state index contributed by atoms with van der Waals surface area (Å²) in [6, 6.07) is 5.73. The van der Waals surface area contributed by atoms with Crippen LogP contribution in [0.5, 0.6) is 0 Å². The van der Waals surface area contributed by atoms with Crippen LogP contribution in [0.4, 0.5) is 0 Å². The van der Waals surface area contributed by atoms with E-state index in [1.54, 1.807) is 18.2 Å².